The van der Waals surface area contributed by atoms with Crippen molar-refractivity contribution in [2.45, 2.75) is 6.92 Å². The number of amides is 1. The molecule has 0 spiro atoms. The van der Waals surface area contributed by atoms with Crippen molar-refractivity contribution >= 4 is 22.6 Å². The van der Waals surface area contributed by atoms with E-state index in [4.69, 9.17) is 4.74 Å². The molecule has 5 heteroatoms. The smallest absolute Gasteiger partial charge is 0.258 e. The largest absolute Gasteiger partial charge is 0.497 e. The van der Waals surface area contributed by atoms with Crippen LogP contribution in [0.2, 0.25) is 0 Å². The minimum Gasteiger partial charge on any atom is -0.497 e. The van der Waals surface area contributed by atoms with Crippen molar-refractivity contribution in [3.8, 4) is 5.75 Å². The predicted octanol–water partition coefficient (Wildman–Crippen LogP) is 3.20. The first-order valence-corrected chi connectivity index (χ1v) is 6.85. The number of pyridine rings is 2. The van der Waals surface area contributed by atoms with Crippen molar-refractivity contribution in [3.63, 3.8) is 0 Å². The van der Waals surface area contributed by atoms with E-state index in [9.17, 15) is 4.79 Å². The molecule has 2 heterocycles. The molecule has 0 aliphatic heterocycles. The number of anilines is 1. The number of carbonyl (C=O) groups is 1. The topological polar surface area (TPSA) is 64.1 Å². The van der Waals surface area contributed by atoms with Crippen LogP contribution < -0.4 is 10.1 Å². The summed E-state index contributed by atoms with van der Waals surface area (Å²) in [5.41, 5.74) is 1.99. The lowest BCUT2D eigenvalue weighted by Gasteiger charge is -2.09. The van der Waals surface area contributed by atoms with Gasteiger partial charge in [-0.05, 0) is 37.3 Å². The summed E-state index contributed by atoms with van der Waals surface area (Å²) < 4.78 is 5.19. The summed E-state index contributed by atoms with van der Waals surface area (Å²) in [4.78, 5) is 21.0. The van der Waals surface area contributed by atoms with E-state index in [0.29, 0.717) is 17.1 Å². The van der Waals surface area contributed by atoms with Crippen LogP contribution in [-0.4, -0.2) is 23.0 Å². The normalized spacial score (nSPS) is 10.5. The Bertz CT molecular complexity index is 832. The van der Waals surface area contributed by atoms with E-state index < -0.39 is 0 Å². The van der Waals surface area contributed by atoms with Crippen LogP contribution in [-0.2, 0) is 0 Å². The van der Waals surface area contributed by atoms with Crippen LogP contribution in [0.25, 0.3) is 10.9 Å². The number of nitrogens with one attached hydrogen (secondary N) is 1. The average Bonchev–Trinajstić information content (AvgIpc) is 2.54. The first kappa shape index (κ1) is 14.0. The fraction of sp³-hybridized carbons (Fsp3) is 0.118. The molecular formula is C17H15N3O2. The highest BCUT2D eigenvalue weighted by atomic mass is 16.5. The second-order valence-corrected chi connectivity index (χ2v) is 4.85. The van der Waals surface area contributed by atoms with Crippen LogP contribution >= 0.6 is 0 Å². The minimum absolute atomic E-state index is 0.221. The molecule has 3 aromatic rings. The van der Waals surface area contributed by atoms with Gasteiger partial charge in [-0.3, -0.25) is 9.78 Å². The minimum atomic E-state index is -0.221. The summed E-state index contributed by atoms with van der Waals surface area (Å²) >= 11 is 0. The number of rotatable bonds is 3. The van der Waals surface area contributed by atoms with Gasteiger partial charge in [0.25, 0.3) is 5.91 Å². The van der Waals surface area contributed by atoms with Gasteiger partial charge in [0.1, 0.15) is 11.6 Å². The van der Waals surface area contributed by atoms with E-state index >= 15 is 0 Å². The number of carbonyl (C=O) groups excluding carboxylic acids is 1. The molecule has 1 aromatic carbocycles. The Morgan fingerprint density at radius 1 is 1.18 bits per heavy atom. The number of methoxy groups -OCH3 is 1. The third-order valence-corrected chi connectivity index (χ3v) is 3.37. The highest BCUT2D eigenvalue weighted by molar-refractivity contribution is 6.06. The lowest BCUT2D eigenvalue weighted by atomic mass is 10.1. The maximum atomic E-state index is 12.4. The Labute approximate surface area is 128 Å². The third kappa shape index (κ3) is 2.74. The Morgan fingerprint density at radius 2 is 2.05 bits per heavy atom. The zero-order valence-corrected chi connectivity index (χ0v) is 12.3. The van der Waals surface area contributed by atoms with Crippen LogP contribution in [0.1, 0.15) is 16.1 Å². The van der Waals surface area contributed by atoms with Gasteiger partial charge < -0.3 is 10.1 Å². The van der Waals surface area contributed by atoms with Gasteiger partial charge in [0.2, 0.25) is 0 Å². The van der Waals surface area contributed by atoms with Crippen molar-refractivity contribution in [2.75, 3.05) is 12.4 Å². The lowest BCUT2D eigenvalue weighted by molar-refractivity contribution is 0.102. The summed E-state index contributed by atoms with van der Waals surface area (Å²) in [5.74, 6) is 1.04. The van der Waals surface area contributed by atoms with Crippen molar-refractivity contribution in [3.05, 3.63) is 59.9 Å². The Morgan fingerprint density at radius 3 is 2.77 bits per heavy atom. The molecule has 1 N–H and O–H groups in total. The maximum Gasteiger partial charge on any atom is 0.258 e. The van der Waals surface area contributed by atoms with E-state index in [1.165, 1.54) is 0 Å². The van der Waals surface area contributed by atoms with Gasteiger partial charge >= 0.3 is 0 Å². The number of aromatic nitrogens is 2. The zero-order chi connectivity index (χ0) is 15.5. The molecule has 1 amide bonds. The standard InChI is InChI=1S/C17H15N3O2/c1-11-14(17(21)20-16-5-3-4-8-18-16)9-12-6-7-13(22-2)10-15(12)19-11/h3-10H,1-2H3,(H,18,20,21). The molecule has 0 unspecified atom stereocenters. The molecule has 0 aliphatic carbocycles. The average molecular weight is 293 g/mol. The highest BCUT2D eigenvalue weighted by Gasteiger charge is 2.12. The van der Waals surface area contributed by atoms with Gasteiger partial charge in [0.15, 0.2) is 0 Å². The van der Waals surface area contributed by atoms with E-state index in [1.807, 2.05) is 37.3 Å². The van der Waals surface area contributed by atoms with Crippen LogP contribution in [0.15, 0.2) is 48.7 Å². The van der Waals surface area contributed by atoms with E-state index in [1.54, 1.807) is 25.4 Å². The molecule has 0 aliphatic rings. The van der Waals surface area contributed by atoms with Crippen LogP contribution in [0.4, 0.5) is 5.82 Å². The molecule has 0 radical (unpaired) electrons. The summed E-state index contributed by atoms with van der Waals surface area (Å²) in [6.07, 6.45) is 1.63. The quantitative estimate of drug-likeness (QED) is 0.805. The summed E-state index contributed by atoms with van der Waals surface area (Å²) in [5, 5.41) is 3.66. The molecule has 5 nitrogen and oxygen atoms in total. The maximum absolute atomic E-state index is 12.4. The molecule has 3 rings (SSSR count). The molecule has 22 heavy (non-hydrogen) atoms. The molecule has 0 fully saturated rings. The lowest BCUT2D eigenvalue weighted by Crippen LogP contribution is -2.15. The van der Waals surface area contributed by atoms with Crippen molar-refractivity contribution in [1.82, 2.24) is 9.97 Å². The first-order chi connectivity index (χ1) is 10.7. The summed E-state index contributed by atoms with van der Waals surface area (Å²) in [6.45, 7) is 1.81. The SMILES string of the molecule is COc1ccc2cc(C(=O)Nc3ccccn3)c(C)nc2c1. The van der Waals surface area contributed by atoms with Gasteiger partial charge in [-0.1, -0.05) is 6.07 Å². The van der Waals surface area contributed by atoms with Crippen molar-refractivity contribution in [2.24, 2.45) is 0 Å². The van der Waals surface area contributed by atoms with Crippen LogP contribution in [0.3, 0.4) is 0 Å². The molecule has 0 bridgehead atoms. The molecule has 2 aromatic heterocycles. The van der Waals surface area contributed by atoms with Gasteiger partial charge in [-0.15, -0.1) is 0 Å². The monoisotopic (exact) mass is 293 g/mol. The van der Waals surface area contributed by atoms with Gasteiger partial charge in [0, 0.05) is 17.6 Å². The van der Waals surface area contributed by atoms with Crippen LogP contribution in [0, 0.1) is 6.92 Å². The van der Waals surface area contributed by atoms with E-state index in [0.717, 1.165) is 16.7 Å². The Balaban J connectivity index is 1.96. The number of hydrogen-bond donors (Lipinski definition) is 1. The van der Waals surface area contributed by atoms with Gasteiger partial charge in [0.05, 0.1) is 23.9 Å². The van der Waals surface area contributed by atoms with Crippen LogP contribution in [0.5, 0.6) is 5.75 Å². The third-order valence-electron chi connectivity index (χ3n) is 3.37. The molecule has 0 atom stereocenters. The second kappa shape index (κ2) is 5.81. The number of benzene rings is 1. The fourth-order valence-corrected chi connectivity index (χ4v) is 2.22. The summed E-state index contributed by atoms with van der Waals surface area (Å²) in [7, 11) is 1.61. The number of aryl methyl sites for hydroxylation is 1. The number of nitrogens with zero attached hydrogens (tertiary/aromatic N) is 2. The predicted molar refractivity (Wildman–Crippen MR) is 85.2 cm³/mol. The number of fused-ring (bicyclic) bond motifs is 1. The molecule has 0 saturated carbocycles. The molecular weight excluding hydrogens is 278 g/mol. The van der Waals surface area contributed by atoms with E-state index in [-0.39, 0.29) is 5.91 Å². The van der Waals surface area contributed by atoms with Crippen molar-refractivity contribution in [1.29, 1.82) is 0 Å². The van der Waals surface area contributed by atoms with E-state index in [2.05, 4.69) is 15.3 Å². The first-order valence-electron chi connectivity index (χ1n) is 6.85. The Kier molecular flexibility index (Phi) is 3.70. The molecule has 110 valence electrons. The highest BCUT2D eigenvalue weighted by Crippen LogP contribution is 2.22. The Hall–Kier alpha value is -2.95. The zero-order valence-electron chi connectivity index (χ0n) is 12.3. The molecule has 0 saturated heterocycles. The second-order valence-electron chi connectivity index (χ2n) is 4.85. The van der Waals surface area contributed by atoms with Gasteiger partial charge in [-0.25, -0.2) is 4.98 Å². The number of hydrogen-bond acceptors (Lipinski definition) is 4. The van der Waals surface area contributed by atoms with Crippen molar-refractivity contribution < 1.29 is 9.53 Å². The summed E-state index contributed by atoms with van der Waals surface area (Å²) in [6, 6.07) is 12.8. The number of ether oxygens (including phenoxy) is 1. The fourth-order valence-electron chi connectivity index (χ4n) is 2.22. The van der Waals surface area contributed by atoms with Gasteiger partial charge in [-0.2, -0.15) is 0 Å².